The van der Waals surface area contributed by atoms with Gasteiger partial charge in [0, 0.05) is 17.5 Å². The Hall–Kier alpha value is -0.840. The van der Waals surface area contributed by atoms with Gasteiger partial charge in [-0.3, -0.25) is 4.79 Å². The van der Waals surface area contributed by atoms with Crippen molar-refractivity contribution >= 4 is 29.1 Å². The Morgan fingerprint density at radius 1 is 1.32 bits per heavy atom. The minimum Gasteiger partial charge on any atom is -0.348 e. The fourth-order valence-corrected chi connectivity index (χ4v) is 4.82. The number of nitrogens with two attached hydrogens (primary N) is 1. The minimum atomic E-state index is -0.481. The monoisotopic (exact) mass is 386 g/mol. The van der Waals surface area contributed by atoms with Gasteiger partial charge < -0.3 is 11.1 Å². The molecular weight excluding hydrogens is 362 g/mol. The highest BCUT2D eigenvalue weighted by atomic mass is 35.5. The second-order valence-electron chi connectivity index (χ2n) is 7.83. The maximum atomic E-state index is 14.7. The largest absolute Gasteiger partial charge is 0.348 e. The highest BCUT2D eigenvalue weighted by Crippen LogP contribution is 2.50. The molecule has 25 heavy (non-hydrogen) atoms. The van der Waals surface area contributed by atoms with E-state index >= 15 is 0 Å². The summed E-state index contributed by atoms with van der Waals surface area (Å²) < 4.78 is 14.7. The van der Waals surface area contributed by atoms with Crippen LogP contribution in [0, 0.1) is 17.2 Å². The van der Waals surface area contributed by atoms with Crippen LogP contribution in [0.3, 0.4) is 0 Å². The van der Waals surface area contributed by atoms with E-state index in [1.807, 2.05) is 0 Å². The van der Waals surface area contributed by atoms with Crippen molar-refractivity contribution in [2.45, 2.75) is 64.0 Å². The van der Waals surface area contributed by atoms with Crippen LogP contribution in [0.1, 0.15) is 63.5 Å². The van der Waals surface area contributed by atoms with Gasteiger partial charge in [-0.2, -0.15) is 0 Å². The van der Waals surface area contributed by atoms with Crippen LogP contribution < -0.4 is 11.1 Å². The summed E-state index contributed by atoms with van der Waals surface area (Å²) in [5, 5.41) is 3.61. The van der Waals surface area contributed by atoms with Crippen LogP contribution >= 0.6 is 23.2 Å². The van der Waals surface area contributed by atoms with Crippen LogP contribution in [0.2, 0.25) is 10.0 Å². The highest BCUT2D eigenvalue weighted by molar-refractivity contribution is 6.42. The maximum absolute atomic E-state index is 14.7. The Balaban J connectivity index is 1.94. The molecule has 3 atom stereocenters. The first-order valence-electron chi connectivity index (χ1n) is 9.01. The molecule has 0 bridgehead atoms. The van der Waals surface area contributed by atoms with E-state index in [0.29, 0.717) is 17.0 Å². The van der Waals surface area contributed by atoms with Crippen molar-refractivity contribution in [1.82, 2.24) is 5.32 Å². The van der Waals surface area contributed by atoms with Crippen molar-refractivity contribution in [1.29, 1.82) is 0 Å². The lowest BCUT2D eigenvalue weighted by Gasteiger charge is -2.36. The van der Waals surface area contributed by atoms with E-state index in [0.717, 1.165) is 38.5 Å². The van der Waals surface area contributed by atoms with Gasteiger partial charge in [-0.25, -0.2) is 4.39 Å². The molecule has 0 heterocycles. The summed E-state index contributed by atoms with van der Waals surface area (Å²) in [4.78, 5) is 12.8. The molecule has 0 aromatic heterocycles. The predicted molar refractivity (Wildman–Crippen MR) is 99.2 cm³/mol. The molecule has 1 aromatic carbocycles. The maximum Gasteiger partial charge on any atom is 0.223 e. The molecule has 0 aliphatic heterocycles. The number of hydrogen-bond acceptors (Lipinski definition) is 2. The van der Waals surface area contributed by atoms with Crippen LogP contribution in [-0.4, -0.2) is 11.9 Å². The third kappa shape index (κ3) is 3.81. The van der Waals surface area contributed by atoms with Gasteiger partial charge in [0.15, 0.2) is 0 Å². The summed E-state index contributed by atoms with van der Waals surface area (Å²) in [6.07, 6.45) is 6.29. The Bertz CT molecular complexity index is 661. The van der Waals surface area contributed by atoms with Crippen molar-refractivity contribution in [3.8, 4) is 0 Å². The average molecular weight is 387 g/mol. The fourth-order valence-electron chi connectivity index (χ4n) is 4.39. The molecular formula is C19H25Cl2FN2O. The summed E-state index contributed by atoms with van der Waals surface area (Å²) in [6, 6.07) is 2.37. The first-order chi connectivity index (χ1) is 11.8. The molecule has 3 rings (SSSR count). The van der Waals surface area contributed by atoms with Crippen LogP contribution in [-0.2, 0) is 4.79 Å². The minimum absolute atomic E-state index is 0.0542. The second-order valence-corrected chi connectivity index (χ2v) is 8.61. The molecule has 1 aromatic rings. The zero-order chi connectivity index (χ0) is 18.2. The van der Waals surface area contributed by atoms with Crippen molar-refractivity contribution in [3.05, 3.63) is 33.6 Å². The molecule has 3 nitrogen and oxygen atoms in total. The van der Waals surface area contributed by atoms with E-state index in [-0.39, 0.29) is 28.3 Å². The second kappa shape index (κ2) is 7.42. The normalized spacial score (nSPS) is 26.6. The van der Waals surface area contributed by atoms with Gasteiger partial charge in [0.1, 0.15) is 5.82 Å². The zero-order valence-corrected chi connectivity index (χ0v) is 16.0. The molecule has 0 spiro atoms. The lowest BCUT2D eigenvalue weighted by atomic mass is 9.76. The summed E-state index contributed by atoms with van der Waals surface area (Å²) in [7, 11) is 0. The lowest BCUT2D eigenvalue weighted by Crippen LogP contribution is -2.41. The average Bonchev–Trinajstić information content (AvgIpc) is 3.19. The third-order valence-electron chi connectivity index (χ3n) is 5.94. The molecule has 2 aliphatic rings. The van der Waals surface area contributed by atoms with Crippen molar-refractivity contribution < 1.29 is 9.18 Å². The summed E-state index contributed by atoms with van der Waals surface area (Å²) in [6.45, 7) is 2.10. The number of carbonyl (C=O) groups is 1. The number of nitrogens with one attached hydrogen (secondary N) is 1. The zero-order valence-electron chi connectivity index (χ0n) is 14.5. The van der Waals surface area contributed by atoms with Gasteiger partial charge in [0.05, 0.1) is 16.1 Å². The van der Waals surface area contributed by atoms with Crippen LogP contribution in [0.5, 0.6) is 0 Å². The quantitative estimate of drug-likeness (QED) is 0.715. The lowest BCUT2D eigenvalue weighted by molar-refractivity contribution is -0.126. The third-order valence-corrected chi connectivity index (χ3v) is 6.76. The molecule has 2 fully saturated rings. The predicted octanol–water partition coefficient (Wildman–Crippen LogP) is 5.00. The topological polar surface area (TPSA) is 55.1 Å². The van der Waals surface area contributed by atoms with Gasteiger partial charge in [-0.1, -0.05) is 43.0 Å². The van der Waals surface area contributed by atoms with Gasteiger partial charge in [-0.05, 0) is 49.7 Å². The smallest absolute Gasteiger partial charge is 0.223 e. The molecule has 0 saturated heterocycles. The number of rotatable bonds is 4. The molecule has 2 saturated carbocycles. The Morgan fingerprint density at radius 3 is 2.60 bits per heavy atom. The molecule has 2 aliphatic carbocycles. The van der Waals surface area contributed by atoms with Crippen molar-refractivity contribution in [2.75, 3.05) is 0 Å². The standard InChI is InChI=1S/C19H25Cl2FN2O/c1-19(8-2-3-9-19)17(15-14(22)7-6-13(20)16(15)21)24-18(25)11-4-5-12(23)10-11/h6-7,11-12,17H,2-5,8-10,23H2,1H3,(H,24,25)/t11-,12-,17+/m1/s1. The highest BCUT2D eigenvalue weighted by Gasteiger charge is 2.42. The summed E-state index contributed by atoms with van der Waals surface area (Å²) in [5.41, 5.74) is 6.03. The first-order valence-corrected chi connectivity index (χ1v) is 9.77. The van der Waals surface area contributed by atoms with Crippen LogP contribution in [0.15, 0.2) is 12.1 Å². The molecule has 0 unspecified atom stereocenters. The SMILES string of the molecule is CC1([C@@H](NC(=O)[C@@H]2CC[C@@H](N)C2)c2c(F)ccc(Cl)c2Cl)CCCC1. The Morgan fingerprint density at radius 2 is 2.00 bits per heavy atom. The number of benzene rings is 1. The van der Waals surface area contributed by atoms with Gasteiger partial charge >= 0.3 is 0 Å². The first kappa shape index (κ1) is 18.9. The van der Waals surface area contributed by atoms with Crippen LogP contribution in [0.4, 0.5) is 4.39 Å². The molecule has 0 radical (unpaired) electrons. The summed E-state index contributed by atoms with van der Waals surface area (Å²) in [5.74, 6) is -0.582. The number of carbonyl (C=O) groups excluding carboxylic acids is 1. The van der Waals surface area contributed by atoms with Crippen molar-refractivity contribution in [2.24, 2.45) is 17.1 Å². The van der Waals surface area contributed by atoms with Gasteiger partial charge in [0.25, 0.3) is 0 Å². The number of halogens is 3. The Kier molecular flexibility index (Phi) is 5.62. The molecule has 138 valence electrons. The van der Waals surface area contributed by atoms with E-state index < -0.39 is 11.9 Å². The van der Waals surface area contributed by atoms with Crippen molar-refractivity contribution in [3.63, 3.8) is 0 Å². The Labute approximate surface area is 158 Å². The molecule has 1 amide bonds. The fraction of sp³-hybridized carbons (Fsp3) is 0.632. The van der Waals surface area contributed by atoms with E-state index in [1.165, 1.54) is 12.1 Å². The van der Waals surface area contributed by atoms with E-state index in [2.05, 4.69) is 12.2 Å². The van der Waals surface area contributed by atoms with Gasteiger partial charge in [0.2, 0.25) is 5.91 Å². The summed E-state index contributed by atoms with van der Waals surface area (Å²) >= 11 is 12.5. The van der Waals surface area contributed by atoms with E-state index in [9.17, 15) is 9.18 Å². The van der Waals surface area contributed by atoms with Gasteiger partial charge in [-0.15, -0.1) is 0 Å². The number of amides is 1. The van der Waals surface area contributed by atoms with E-state index in [4.69, 9.17) is 28.9 Å². The molecule has 3 N–H and O–H groups in total. The number of hydrogen-bond donors (Lipinski definition) is 2. The van der Waals surface area contributed by atoms with Crippen LogP contribution in [0.25, 0.3) is 0 Å². The molecule has 6 heteroatoms. The van der Waals surface area contributed by atoms with E-state index in [1.54, 1.807) is 0 Å².